The summed E-state index contributed by atoms with van der Waals surface area (Å²) in [6.07, 6.45) is 2.16. The van der Waals surface area contributed by atoms with Crippen molar-refractivity contribution in [2.24, 2.45) is 5.73 Å². The van der Waals surface area contributed by atoms with Crippen molar-refractivity contribution >= 4 is 15.9 Å². The molecule has 18 heavy (non-hydrogen) atoms. The van der Waals surface area contributed by atoms with Gasteiger partial charge < -0.3 is 19.9 Å². The summed E-state index contributed by atoms with van der Waals surface area (Å²) in [6.45, 7) is 2.56. The summed E-state index contributed by atoms with van der Waals surface area (Å²) in [5.41, 5.74) is 7.15. The van der Waals surface area contributed by atoms with E-state index in [0.717, 1.165) is 10.2 Å². The third-order valence-electron chi connectivity index (χ3n) is 2.83. The molecule has 1 aromatic heterocycles. The number of methoxy groups -OCH3 is 1. The highest BCUT2D eigenvalue weighted by molar-refractivity contribution is 9.10. The fraction of sp³-hybridized carbons (Fsp3) is 0.727. The Kier molecular flexibility index (Phi) is 5.13. The fourth-order valence-electron chi connectivity index (χ4n) is 1.96. The number of hydrogen-bond acceptors (Lipinski definition) is 5. The van der Waals surface area contributed by atoms with Gasteiger partial charge in [0, 0.05) is 13.5 Å². The maximum Gasteiger partial charge on any atom is 0.159 e. The molecular weight excluding hydrogens is 302 g/mol. The van der Waals surface area contributed by atoms with Gasteiger partial charge in [0.25, 0.3) is 0 Å². The number of nitrogens with two attached hydrogens (primary N) is 1. The van der Waals surface area contributed by atoms with E-state index in [1.165, 1.54) is 0 Å². The first kappa shape index (κ1) is 14.0. The Bertz CT molecular complexity index is 380. The van der Waals surface area contributed by atoms with E-state index in [1.807, 2.05) is 4.68 Å². The Morgan fingerprint density at radius 1 is 1.61 bits per heavy atom. The van der Waals surface area contributed by atoms with E-state index >= 15 is 0 Å². The summed E-state index contributed by atoms with van der Waals surface area (Å²) >= 11 is 3.47. The smallest absolute Gasteiger partial charge is 0.159 e. The van der Waals surface area contributed by atoms with Crippen molar-refractivity contribution in [3.05, 3.63) is 16.4 Å². The zero-order valence-corrected chi connectivity index (χ0v) is 11.9. The molecule has 0 bridgehead atoms. The van der Waals surface area contributed by atoms with E-state index in [9.17, 15) is 0 Å². The Labute approximate surface area is 115 Å². The molecule has 1 saturated heterocycles. The second-order valence-electron chi connectivity index (χ2n) is 4.11. The van der Waals surface area contributed by atoms with Crippen molar-refractivity contribution in [2.75, 3.05) is 26.9 Å². The molecule has 2 rings (SSSR count). The fourth-order valence-corrected chi connectivity index (χ4v) is 2.55. The first-order valence-electron chi connectivity index (χ1n) is 5.91. The van der Waals surface area contributed by atoms with E-state index < -0.39 is 0 Å². The van der Waals surface area contributed by atoms with Gasteiger partial charge in [-0.1, -0.05) is 0 Å². The Morgan fingerprint density at radius 3 is 3.00 bits per heavy atom. The number of aromatic nitrogens is 2. The molecule has 0 spiro atoms. The maximum absolute atomic E-state index is 6.20. The molecule has 0 radical (unpaired) electrons. The van der Waals surface area contributed by atoms with E-state index in [-0.39, 0.29) is 12.3 Å². The lowest BCUT2D eigenvalue weighted by molar-refractivity contribution is -0.0512. The Hall–Kier alpha value is -0.470. The van der Waals surface area contributed by atoms with Gasteiger partial charge >= 0.3 is 0 Å². The van der Waals surface area contributed by atoms with Crippen molar-refractivity contribution in [1.29, 1.82) is 0 Å². The molecule has 1 unspecified atom stereocenters. The first-order valence-corrected chi connectivity index (χ1v) is 6.70. The average molecular weight is 320 g/mol. The van der Waals surface area contributed by atoms with Gasteiger partial charge in [0.1, 0.15) is 0 Å². The zero-order chi connectivity index (χ0) is 13.0. The Balaban J connectivity index is 2.02. The molecule has 6 nitrogen and oxygen atoms in total. The predicted octanol–water partition coefficient (Wildman–Crippen LogP) is 1.05. The third kappa shape index (κ3) is 3.30. The van der Waals surface area contributed by atoms with E-state index in [1.54, 1.807) is 13.3 Å². The SMILES string of the molecule is COCCn1ncc(Br)c1C(N)CC1OCCO1. The molecule has 102 valence electrons. The van der Waals surface area contributed by atoms with Crippen molar-refractivity contribution in [1.82, 2.24) is 9.78 Å². The number of halogens is 1. The number of nitrogens with zero attached hydrogens (tertiary/aromatic N) is 2. The van der Waals surface area contributed by atoms with Crippen LogP contribution in [0.4, 0.5) is 0 Å². The molecule has 1 atom stereocenters. The van der Waals surface area contributed by atoms with Crippen LogP contribution in [-0.2, 0) is 20.8 Å². The third-order valence-corrected chi connectivity index (χ3v) is 3.44. The van der Waals surface area contributed by atoms with Crippen LogP contribution in [0.25, 0.3) is 0 Å². The number of hydrogen-bond donors (Lipinski definition) is 1. The van der Waals surface area contributed by atoms with Gasteiger partial charge in [0.15, 0.2) is 6.29 Å². The minimum atomic E-state index is -0.210. The minimum absolute atomic E-state index is 0.179. The lowest BCUT2D eigenvalue weighted by atomic mass is 10.1. The molecule has 1 aromatic rings. The van der Waals surface area contributed by atoms with Gasteiger partial charge in [-0.2, -0.15) is 5.10 Å². The summed E-state index contributed by atoms with van der Waals surface area (Å²) in [4.78, 5) is 0. The molecule has 0 aromatic carbocycles. The predicted molar refractivity (Wildman–Crippen MR) is 69.0 cm³/mol. The van der Waals surface area contributed by atoms with Gasteiger partial charge in [0.2, 0.25) is 0 Å². The van der Waals surface area contributed by atoms with Gasteiger partial charge in [0.05, 0.1) is 48.8 Å². The normalized spacial score (nSPS) is 18.4. The maximum atomic E-state index is 6.20. The van der Waals surface area contributed by atoms with E-state index in [0.29, 0.717) is 32.8 Å². The highest BCUT2D eigenvalue weighted by atomic mass is 79.9. The number of ether oxygens (including phenoxy) is 3. The quantitative estimate of drug-likeness (QED) is 0.848. The van der Waals surface area contributed by atoms with Gasteiger partial charge in [-0.05, 0) is 15.9 Å². The lowest BCUT2D eigenvalue weighted by Crippen LogP contribution is -2.23. The number of rotatable bonds is 6. The lowest BCUT2D eigenvalue weighted by Gasteiger charge is -2.17. The van der Waals surface area contributed by atoms with Crippen molar-refractivity contribution in [3.63, 3.8) is 0 Å². The monoisotopic (exact) mass is 319 g/mol. The molecule has 0 aliphatic carbocycles. The van der Waals surface area contributed by atoms with Crippen LogP contribution in [0.15, 0.2) is 10.7 Å². The van der Waals surface area contributed by atoms with Gasteiger partial charge in [-0.15, -0.1) is 0 Å². The second kappa shape index (κ2) is 6.63. The first-order chi connectivity index (χ1) is 8.72. The van der Waals surface area contributed by atoms with Crippen LogP contribution in [0.3, 0.4) is 0 Å². The summed E-state index contributed by atoms with van der Waals surface area (Å²) in [6, 6.07) is -0.179. The molecule has 2 heterocycles. The van der Waals surface area contributed by atoms with Crippen LogP contribution in [0.2, 0.25) is 0 Å². The van der Waals surface area contributed by atoms with Gasteiger partial charge in [-0.25, -0.2) is 0 Å². The van der Waals surface area contributed by atoms with Crippen LogP contribution >= 0.6 is 15.9 Å². The molecule has 1 aliphatic rings. The second-order valence-corrected chi connectivity index (χ2v) is 4.96. The molecule has 7 heteroatoms. The molecule has 2 N–H and O–H groups in total. The van der Waals surface area contributed by atoms with Crippen molar-refractivity contribution in [3.8, 4) is 0 Å². The standard InChI is InChI=1S/C11H18BrN3O3/c1-16-3-2-15-11(8(12)7-14-15)9(13)6-10-17-4-5-18-10/h7,9-10H,2-6,13H2,1H3. The van der Waals surface area contributed by atoms with E-state index in [2.05, 4.69) is 21.0 Å². The Morgan fingerprint density at radius 2 is 2.33 bits per heavy atom. The van der Waals surface area contributed by atoms with Gasteiger partial charge in [-0.3, -0.25) is 4.68 Å². The molecule has 0 saturated carbocycles. The van der Waals surface area contributed by atoms with Crippen LogP contribution in [0, 0.1) is 0 Å². The van der Waals surface area contributed by atoms with Crippen molar-refractivity contribution < 1.29 is 14.2 Å². The summed E-state index contributed by atoms with van der Waals surface area (Å²) in [7, 11) is 1.67. The highest BCUT2D eigenvalue weighted by Gasteiger charge is 2.24. The van der Waals surface area contributed by atoms with E-state index in [4.69, 9.17) is 19.9 Å². The van der Waals surface area contributed by atoms with Crippen LogP contribution in [0.5, 0.6) is 0 Å². The summed E-state index contributed by atoms with van der Waals surface area (Å²) in [5.74, 6) is 0. The average Bonchev–Trinajstić information content (AvgIpc) is 2.96. The topological polar surface area (TPSA) is 71.5 Å². The summed E-state index contributed by atoms with van der Waals surface area (Å²) in [5, 5.41) is 4.28. The zero-order valence-electron chi connectivity index (χ0n) is 10.3. The van der Waals surface area contributed by atoms with Crippen LogP contribution < -0.4 is 5.73 Å². The van der Waals surface area contributed by atoms with Crippen LogP contribution in [0.1, 0.15) is 18.2 Å². The van der Waals surface area contributed by atoms with Crippen LogP contribution in [-0.4, -0.2) is 43.0 Å². The molecule has 0 amide bonds. The van der Waals surface area contributed by atoms with Crippen molar-refractivity contribution in [2.45, 2.75) is 25.3 Å². The molecule has 1 aliphatic heterocycles. The largest absolute Gasteiger partial charge is 0.383 e. The highest BCUT2D eigenvalue weighted by Crippen LogP contribution is 2.26. The summed E-state index contributed by atoms with van der Waals surface area (Å²) < 4.78 is 18.6. The molecule has 1 fully saturated rings. The minimum Gasteiger partial charge on any atom is -0.383 e. The molecular formula is C11H18BrN3O3.